The second-order valence-corrected chi connectivity index (χ2v) is 6.14. The lowest BCUT2D eigenvalue weighted by molar-refractivity contribution is -0.121. The fourth-order valence-electron chi connectivity index (χ4n) is 1.55. The second-order valence-electron chi connectivity index (χ2n) is 4.49. The van der Waals surface area contributed by atoms with Gasteiger partial charge in [-0.2, -0.15) is 0 Å². The number of nitrogens with zero attached hydrogens (tertiary/aromatic N) is 1. The fraction of sp³-hybridized carbons (Fsp3) is 0.273. The van der Waals surface area contributed by atoms with Crippen molar-refractivity contribution in [1.82, 2.24) is 4.72 Å². The molecule has 0 saturated carbocycles. The van der Waals surface area contributed by atoms with Gasteiger partial charge in [0.1, 0.15) is 11.4 Å². The number of carbonyl (C=O) groups excluding carboxylic acids is 1. The van der Waals surface area contributed by atoms with Gasteiger partial charge in [-0.25, -0.2) is 8.42 Å². The number of amidine groups is 1. The van der Waals surface area contributed by atoms with Gasteiger partial charge >= 0.3 is 0 Å². The van der Waals surface area contributed by atoms with E-state index in [-0.39, 0.29) is 10.7 Å². The number of amides is 1. The molecule has 18 heavy (non-hydrogen) atoms. The first kappa shape index (κ1) is 12.6. The molecular formula is C11H13N3O3S. The van der Waals surface area contributed by atoms with Crippen LogP contribution in [0.4, 0.5) is 0 Å². The minimum absolute atomic E-state index is 0.148. The maximum absolute atomic E-state index is 11.8. The quantitative estimate of drug-likeness (QED) is 0.787. The molecule has 1 aliphatic heterocycles. The Kier molecular flexibility index (Phi) is 2.66. The third kappa shape index (κ3) is 1.97. The van der Waals surface area contributed by atoms with E-state index in [1.807, 2.05) is 0 Å². The van der Waals surface area contributed by atoms with Gasteiger partial charge in [-0.05, 0) is 26.0 Å². The third-order valence-corrected chi connectivity index (χ3v) is 4.05. The minimum atomic E-state index is -3.59. The normalized spacial score (nSPS) is 19.3. The lowest BCUT2D eigenvalue weighted by atomic mass is 10.1. The molecule has 0 aliphatic carbocycles. The molecule has 0 bridgehead atoms. The summed E-state index contributed by atoms with van der Waals surface area (Å²) in [6.45, 7) is 3.05. The Labute approximate surface area is 105 Å². The largest absolute Gasteiger partial charge is 0.368 e. The Morgan fingerprint density at radius 2 is 1.94 bits per heavy atom. The molecule has 0 atom stereocenters. The molecule has 0 saturated heterocycles. The van der Waals surface area contributed by atoms with E-state index in [1.165, 1.54) is 19.9 Å². The number of primary amides is 1. The van der Waals surface area contributed by atoms with E-state index in [9.17, 15) is 13.2 Å². The van der Waals surface area contributed by atoms with Crippen molar-refractivity contribution in [3.05, 3.63) is 29.8 Å². The van der Waals surface area contributed by atoms with Crippen LogP contribution in [0.5, 0.6) is 0 Å². The van der Waals surface area contributed by atoms with Crippen LogP contribution >= 0.6 is 0 Å². The highest BCUT2D eigenvalue weighted by Crippen LogP contribution is 2.23. The first-order chi connectivity index (χ1) is 8.24. The fourth-order valence-corrected chi connectivity index (χ4v) is 2.78. The van der Waals surface area contributed by atoms with Gasteiger partial charge in [-0.1, -0.05) is 12.1 Å². The summed E-state index contributed by atoms with van der Waals surface area (Å²) in [6.07, 6.45) is 0. The molecule has 3 N–H and O–H groups in total. The van der Waals surface area contributed by atoms with E-state index in [2.05, 4.69) is 9.71 Å². The van der Waals surface area contributed by atoms with Crippen molar-refractivity contribution in [2.75, 3.05) is 0 Å². The zero-order chi connectivity index (χ0) is 13.6. The molecule has 96 valence electrons. The number of aliphatic imine (C=N–C) groups is 1. The maximum atomic E-state index is 11.8. The van der Waals surface area contributed by atoms with Crippen molar-refractivity contribution in [3.63, 3.8) is 0 Å². The van der Waals surface area contributed by atoms with Gasteiger partial charge in [0.2, 0.25) is 5.91 Å². The molecule has 0 radical (unpaired) electrons. The number of benzene rings is 1. The van der Waals surface area contributed by atoms with Crippen molar-refractivity contribution in [3.8, 4) is 0 Å². The van der Waals surface area contributed by atoms with E-state index >= 15 is 0 Å². The average Bonchev–Trinajstić information content (AvgIpc) is 2.51. The molecule has 2 rings (SSSR count). The lowest BCUT2D eigenvalue weighted by Gasteiger charge is -2.15. The molecule has 6 nitrogen and oxygen atoms in total. The van der Waals surface area contributed by atoms with Crippen molar-refractivity contribution >= 4 is 21.8 Å². The van der Waals surface area contributed by atoms with Gasteiger partial charge in [0, 0.05) is 5.56 Å². The van der Waals surface area contributed by atoms with Crippen molar-refractivity contribution in [2.45, 2.75) is 24.3 Å². The Morgan fingerprint density at radius 1 is 1.33 bits per heavy atom. The highest BCUT2D eigenvalue weighted by molar-refractivity contribution is 7.90. The van der Waals surface area contributed by atoms with Crippen molar-refractivity contribution in [2.24, 2.45) is 10.7 Å². The summed E-state index contributed by atoms with van der Waals surface area (Å²) in [4.78, 5) is 15.5. The van der Waals surface area contributed by atoms with E-state index in [4.69, 9.17) is 5.73 Å². The van der Waals surface area contributed by atoms with E-state index in [0.29, 0.717) is 5.56 Å². The van der Waals surface area contributed by atoms with Crippen LogP contribution in [0.3, 0.4) is 0 Å². The first-order valence-corrected chi connectivity index (χ1v) is 6.74. The number of rotatable bonds is 2. The first-order valence-electron chi connectivity index (χ1n) is 5.26. The molecule has 1 amide bonds. The smallest absolute Gasteiger partial charge is 0.263 e. The summed E-state index contributed by atoms with van der Waals surface area (Å²) in [6, 6.07) is 6.44. The number of fused-ring (bicyclic) bond motifs is 1. The predicted molar refractivity (Wildman–Crippen MR) is 66.6 cm³/mol. The summed E-state index contributed by atoms with van der Waals surface area (Å²) in [5, 5.41) is 0. The molecule has 0 aromatic heterocycles. The third-order valence-electron chi connectivity index (χ3n) is 2.66. The van der Waals surface area contributed by atoms with Gasteiger partial charge < -0.3 is 5.73 Å². The van der Waals surface area contributed by atoms with Crippen LogP contribution in [0.2, 0.25) is 0 Å². The zero-order valence-electron chi connectivity index (χ0n) is 9.97. The number of nitrogens with two attached hydrogens (primary N) is 1. The standard InChI is InChI=1S/C11H13N3O3S/c1-11(2,10(12)15)13-9-7-5-3-4-6-8(7)18(16,17)14-9/h3-6H,1-2H3,(H2,12,15)(H,13,14). The summed E-state index contributed by atoms with van der Waals surface area (Å²) >= 11 is 0. The molecule has 1 aromatic carbocycles. The summed E-state index contributed by atoms with van der Waals surface area (Å²) in [5.41, 5.74) is 4.49. The number of sulfonamides is 1. The number of nitrogens with one attached hydrogen (secondary N) is 1. The Morgan fingerprint density at radius 3 is 2.56 bits per heavy atom. The topological polar surface area (TPSA) is 102 Å². The molecule has 0 fully saturated rings. The molecule has 1 aliphatic rings. The molecule has 1 heterocycles. The molecule has 7 heteroatoms. The monoisotopic (exact) mass is 267 g/mol. The van der Waals surface area contributed by atoms with Crippen LogP contribution < -0.4 is 10.5 Å². The van der Waals surface area contributed by atoms with Crippen LogP contribution in [-0.2, 0) is 14.8 Å². The highest BCUT2D eigenvalue weighted by atomic mass is 32.2. The Bertz CT molecular complexity index is 647. The van der Waals surface area contributed by atoms with Crippen LogP contribution in [-0.4, -0.2) is 25.7 Å². The molecule has 0 unspecified atom stereocenters. The van der Waals surface area contributed by atoms with Crippen molar-refractivity contribution in [1.29, 1.82) is 0 Å². The minimum Gasteiger partial charge on any atom is -0.368 e. The lowest BCUT2D eigenvalue weighted by Crippen LogP contribution is -2.38. The number of hydrogen-bond donors (Lipinski definition) is 2. The van der Waals surface area contributed by atoms with Gasteiger partial charge in [0.15, 0.2) is 0 Å². The van der Waals surface area contributed by atoms with E-state index in [1.54, 1.807) is 18.2 Å². The van der Waals surface area contributed by atoms with Gasteiger partial charge in [0.05, 0.1) is 4.90 Å². The van der Waals surface area contributed by atoms with Crippen LogP contribution in [0.1, 0.15) is 19.4 Å². The predicted octanol–water partition coefficient (Wildman–Crippen LogP) is -0.0110. The molecule has 0 spiro atoms. The SMILES string of the molecule is CC(C)(N=C1NS(=O)(=O)c2ccccc21)C(N)=O. The maximum Gasteiger partial charge on any atom is 0.263 e. The van der Waals surface area contributed by atoms with Crippen LogP contribution in [0.25, 0.3) is 0 Å². The van der Waals surface area contributed by atoms with E-state index in [0.717, 1.165) is 0 Å². The summed E-state index contributed by atoms with van der Waals surface area (Å²) in [5.74, 6) is -0.479. The summed E-state index contributed by atoms with van der Waals surface area (Å²) < 4.78 is 25.9. The van der Waals surface area contributed by atoms with Gasteiger partial charge in [-0.15, -0.1) is 0 Å². The second kappa shape index (κ2) is 3.81. The average molecular weight is 267 g/mol. The van der Waals surface area contributed by atoms with Crippen LogP contribution in [0, 0.1) is 0 Å². The zero-order valence-corrected chi connectivity index (χ0v) is 10.8. The number of carbonyl (C=O) groups is 1. The summed E-state index contributed by atoms with van der Waals surface area (Å²) in [7, 11) is -3.59. The van der Waals surface area contributed by atoms with Crippen LogP contribution in [0.15, 0.2) is 34.2 Å². The highest BCUT2D eigenvalue weighted by Gasteiger charge is 2.33. The van der Waals surface area contributed by atoms with Gasteiger partial charge in [0.25, 0.3) is 10.0 Å². The molecular weight excluding hydrogens is 254 g/mol. The Hall–Kier alpha value is -1.89. The number of hydrogen-bond acceptors (Lipinski definition) is 4. The van der Waals surface area contributed by atoms with Gasteiger partial charge in [-0.3, -0.25) is 14.5 Å². The molecule has 1 aromatic rings. The van der Waals surface area contributed by atoms with E-state index < -0.39 is 21.5 Å². The Balaban J connectivity index is 2.59. The van der Waals surface area contributed by atoms with Crippen molar-refractivity contribution < 1.29 is 13.2 Å².